The fourth-order valence-corrected chi connectivity index (χ4v) is 1.95. The number of amides is 1. The summed E-state index contributed by atoms with van der Waals surface area (Å²) in [5.74, 6) is 0.0621. The van der Waals surface area contributed by atoms with Crippen molar-refractivity contribution in [2.45, 2.75) is 26.7 Å². The van der Waals surface area contributed by atoms with Crippen LogP contribution in [0.15, 0.2) is 48.5 Å². The minimum absolute atomic E-state index is 0.0621. The van der Waals surface area contributed by atoms with E-state index in [1.165, 1.54) is 16.7 Å². The molecule has 2 rings (SSSR count). The van der Waals surface area contributed by atoms with Crippen molar-refractivity contribution in [2.24, 2.45) is 0 Å². The van der Waals surface area contributed by atoms with E-state index in [4.69, 9.17) is 0 Å². The highest BCUT2D eigenvalue weighted by Gasteiger charge is 2.03. The highest BCUT2D eigenvalue weighted by Crippen LogP contribution is 2.14. The summed E-state index contributed by atoms with van der Waals surface area (Å²) in [5.41, 5.74) is 4.50. The summed E-state index contributed by atoms with van der Waals surface area (Å²) in [7, 11) is 0. The maximum Gasteiger partial charge on any atom is 0.224 e. The molecule has 1 amide bonds. The molecule has 19 heavy (non-hydrogen) atoms. The van der Waals surface area contributed by atoms with E-state index in [2.05, 4.69) is 19.2 Å². The fourth-order valence-electron chi connectivity index (χ4n) is 1.95. The molecule has 0 spiro atoms. The van der Waals surface area contributed by atoms with E-state index in [-0.39, 0.29) is 5.91 Å². The second-order valence-corrected chi connectivity index (χ2v) is 4.83. The normalized spacial score (nSPS) is 10.2. The van der Waals surface area contributed by atoms with Crippen molar-refractivity contribution < 1.29 is 4.79 Å². The third-order valence-corrected chi connectivity index (χ3v) is 3.27. The van der Waals surface area contributed by atoms with Gasteiger partial charge in [-0.15, -0.1) is 0 Å². The minimum Gasteiger partial charge on any atom is -0.326 e. The van der Waals surface area contributed by atoms with Crippen molar-refractivity contribution in [1.29, 1.82) is 0 Å². The van der Waals surface area contributed by atoms with Crippen LogP contribution in [-0.2, 0) is 11.2 Å². The number of hydrogen-bond acceptors (Lipinski definition) is 1. The summed E-state index contributed by atoms with van der Waals surface area (Å²) in [6.07, 6.45) is 1.29. The Labute approximate surface area is 114 Å². The molecule has 0 atom stereocenters. The second-order valence-electron chi connectivity index (χ2n) is 4.83. The van der Waals surface area contributed by atoms with Crippen LogP contribution in [0.3, 0.4) is 0 Å². The zero-order chi connectivity index (χ0) is 13.7. The van der Waals surface area contributed by atoms with Gasteiger partial charge in [-0.1, -0.05) is 36.4 Å². The quantitative estimate of drug-likeness (QED) is 0.880. The summed E-state index contributed by atoms with van der Waals surface area (Å²) in [5, 5.41) is 2.94. The van der Waals surface area contributed by atoms with Gasteiger partial charge in [-0.3, -0.25) is 4.79 Å². The van der Waals surface area contributed by atoms with Gasteiger partial charge in [-0.2, -0.15) is 0 Å². The molecule has 0 heterocycles. The van der Waals surface area contributed by atoms with E-state index >= 15 is 0 Å². The van der Waals surface area contributed by atoms with Crippen molar-refractivity contribution in [2.75, 3.05) is 5.32 Å². The molecule has 0 aliphatic carbocycles. The van der Waals surface area contributed by atoms with Crippen molar-refractivity contribution in [1.82, 2.24) is 0 Å². The highest BCUT2D eigenvalue weighted by atomic mass is 16.1. The van der Waals surface area contributed by atoms with Crippen LogP contribution in [0.1, 0.15) is 23.1 Å². The number of benzene rings is 2. The van der Waals surface area contributed by atoms with E-state index in [1.54, 1.807) is 0 Å². The Morgan fingerprint density at radius 3 is 2.42 bits per heavy atom. The summed E-state index contributed by atoms with van der Waals surface area (Å²) < 4.78 is 0. The third kappa shape index (κ3) is 3.95. The van der Waals surface area contributed by atoms with Gasteiger partial charge in [0.15, 0.2) is 0 Å². The van der Waals surface area contributed by atoms with Gasteiger partial charge in [0, 0.05) is 12.1 Å². The molecule has 2 heteroatoms. The molecule has 2 nitrogen and oxygen atoms in total. The maximum atomic E-state index is 11.9. The summed E-state index contributed by atoms with van der Waals surface area (Å²) in [4.78, 5) is 11.9. The molecule has 0 radical (unpaired) electrons. The molecule has 1 N–H and O–H groups in total. The Hall–Kier alpha value is -2.09. The molecule has 2 aromatic rings. The van der Waals surface area contributed by atoms with E-state index < -0.39 is 0 Å². The number of carbonyl (C=O) groups excluding carboxylic acids is 1. The number of rotatable bonds is 4. The number of anilines is 1. The average Bonchev–Trinajstić information content (AvgIpc) is 2.42. The first-order valence-electron chi connectivity index (χ1n) is 6.56. The lowest BCUT2D eigenvalue weighted by Crippen LogP contribution is -2.12. The lowest BCUT2D eigenvalue weighted by Gasteiger charge is -2.07. The van der Waals surface area contributed by atoms with E-state index in [1.807, 2.05) is 48.5 Å². The molecular weight excluding hydrogens is 234 g/mol. The van der Waals surface area contributed by atoms with Crippen LogP contribution in [0.2, 0.25) is 0 Å². The van der Waals surface area contributed by atoms with Gasteiger partial charge >= 0.3 is 0 Å². The molecule has 0 aliphatic rings. The van der Waals surface area contributed by atoms with Crippen LogP contribution in [0.4, 0.5) is 5.69 Å². The van der Waals surface area contributed by atoms with Crippen LogP contribution in [0, 0.1) is 13.8 Å². The summed E-state index contributed by atoms with van der Waals surface area (Å²) >= 11 is 0. The molecule has 98 valence electrons. The molecular formula is C17H19NO. The van der Waals surface area contributed by atoms with E-state index in [0.29, 0.717) is 6.42 Å². The van der Waals surface area contributed by atoms with E-state index in [0.717, 1.165) is 12.1 Å². The standard InChI is InChI=1S/C17H19NO/c1-13-8-10-16(12-14(13)2)18-17(19)11-9-15-6-4-3-5-7-15/h3-8,10,12H,9,11H2,1-2H3,(H,18,19). The van der Waals surface area contributed by atoms with Gasteiger partial charge in [-0.05, 0) is 49.1 Å². The number of aryl methyl sites for hydroxylation is 3. The second kappa shape index (κ2) is 6.19. The lowest BCUT2D eigenvalue weighted by atomic mass is 10.1. The summed E-state index contributed by atoms with van der Waals surface area (Å²) in [6.45, 7) is 4.12. The Kier molecular flexibility index (Phi) is 4.35. The van der Waals surface area contributed by atoms with Gasteiger partial charge < -0.3 is 5.32 Å². The topological polar surface area (TPSA) is 29.1 Å². The van der Waals surface area contributed by atoms with Gasteiger partial charge in [0.05, 0.1) is 0 Å². The van der Waals surface area contributed by atoms with Crippen molar-refractivity contribution in [3.63, 3.8) is 0 Å². The molecule has 0 aliphatic heterocycles. The Morgan fingerprint density at radius 1 is 1.00 bits per heavy atom. The first-order chi connectivity index (χ1) is 9.15. The smallest absolute Gasteiger partial charge is 0.224 e. The highest BCUT2D eigenvalue weighted by molar-refractivity contribution is 5.90. The van der Waals surface area contributed by atoms with Crippen LogP contribution >= 0.6 is 0 Å². The monoisotopic (exact) mass is 253 g/mol. The number of nitrogens with one attached hydrogen (secondary N) is 1. The van der Waals surface area contributed by atoms with Gasteiger partial charge in [-0.25, -0.2) is 0 Å². The zero-order valence-corrected chi connectivity index (χ0v) is 11.4. The minimum atomic E-state index is 0.0621. The Morgan fingerprint density at radius 2 is 1.74 bits per heavy atom. The first kappa shape index (κ1) is 13.3. The molecule has 0 saturated carbocycles. The van der Waals surface area contributed by atoms with Crippen LogP contribution < -0.4 is 5.32 Å². The van der Waals surface area contributed by atoms with Crippen molar-refractivity contribution in [3.8, 4) is 0 Å². The van der Waals surface area contributed by atoms with Crippen LogP contribution in [-0.4, -0.2) is 5.91 Å². The molecule has 0 unspecified atom stereocenters. The maximum absolute atomic E-state index is 11.9. The molecule has 0 bridgehead atoms. The zero-order valence-electron chi connectivity index (χ0n) is 11.4. The van der Waals surface area contributed by atoms with E-state index in [9.17, 15) is 4.79 Å². The predicted octanol–water partition coefficient (Wildman–Crippen LogP) is 3.87. The summed E-state index contributed by atoms with van der Waals surface area (Å²) in [6, 6.07) is 16.1. The Balaban J connectivity index is 1.89. The van der Waals surface area contributed by atoms with Crippen LogP contribution in [0.5, 0.6) is 0 Å². The largest absolute Gasteiger partial charge is 0.326 e. The van der Waals surface area contributed by atoms with Crippen molar-refractivity contribution >= 4 is 11.6 Å². The first-order valence-corrected chi connectivity index (χ1v) is 6.56. The molecule has 0 aromatic heterocycles. The Bertz CT molecular complexity index is 561. The molecule has 2 aromatic carbocycles. The predicted molar refractivity (Wildman–Crippen MR) is 79.3 cm³/mol. The third-order valence-electron chi connectivity index (χ3n) is 3.27. The number of hydrogen-bond donors (Lipinski definition) is 1. The van der Waals surface area contributed by atoms with Gasteiger partial charge in [0.1, 0.15) is 0 Å². The number of carbonyl (C=O) groups is 1. The SMILES string of the molecule is Cc1ccc(NC(=O)CCc2ccccc2)cc1C. The van der Waals surface area contributed by atoms with Crippen LogP contribution in [0.25, 0.3) is 0 Å². The van der Waals surface area contributed by atoms with Crippen molar-refractivity contribution in [3.05, 3.63) is 65.2 Å². The molecule has 0 fully saturated rings. The average molecular weight is 253 g/mol. The lowest BCUT2D eigenvalue weighted by molar-refractivity contribution is -0.116. The molecule has 0 saturated heterocycles. The fraction of sp³-hybridized carbons (Fsp3) is 0.235. The van der Waals surface area contributed by atoms with Gasteiger partial charge in [0.25, 0.3) is 0 Å². The van der Waals surface area contributed by atoms with Gasteiger partial charge in [0.2, 0.25) is 5.91 Å².